The molecule has 2 heterocycles. The molecular formula is C26H22BrNO3. The number of rotatable bonds is 3. The van der Waals surface area contributed by atoms with Crippen LogP contribution in [0.25, 0.3) is 6.08 Å². The Balaban J connectivity index is 1.43. The third kappa shape index (κ3) is 3.80. The van der Waals surface area contributed by atoms with Crippen molar-refractivity contribution in [2.45, 2.75) is 26.9 Å². The lowest BCUT2D eigenvalue weighted by Crippen LogP contribution is -2.32. The molecule has 0 unspecified atom stereocenters. The molecule has 156 valence electrons. The highest BCUT2D eigenvalue weighted by Crippen LogP contribution is 2.43. The number of nitrogens with zero attached hydrogens (tertiary/aromatic N) is 1. The van der Waals surface area contributed by atoms with Crippen LogP contribution in [-0.4, -0.2) is 17.4 Å². The molecule has 0 amide bonds. The number of allylic oxidation sites excluding steroid dienone is 1. The van der Waals surface area contributed by atoms with Crippen LogP contribution < -0.4 is 9.47 Å². The molecule has 0 saturated heterocycles. The number of ketones is 1. The van der Waals surface area contributed by atoms with E-state index < -0.39 is 0 Å². The SMILES string of the molecule is Cc1ccc(CN2COc3c(cc4c(c3C)O/C(=C\c3ccccc3Br)C4=O)C2)cc1. The Bertz CT molecular complexity index is 1210. The second-order valence-electron chi connectivity index (χ2n) is 8.07. The molecule has 3 aromatic rings. The Morgan fingerprint density at radius 1 is 1.06 bits per heavy atom. The second kappa shape index (κ2) is 7.98. The van der Waals surface area contributed by atoms with Crippen LogP contribution in [0.2, 0.25) is 0 Å². The van der Waals surface area contributed by atoms with Crippen molar-refractivity contribution >= 4 is 27.8 Å². The van der Waals surface area contributed by atoms with E-state index >= 15 is 0 Å². The predicted molar refractivity (Wildman–Crippen MR) is 124 cm³/mol. The van der Waals surface area contributed by atoms with Crippen molar-refractivity contribution in [3.05, 3.63) is 98.2 Å². The molecule has 0 saturated carbocycles. The van der Waals surface area contributed by atoms with Crippen LogP contribution in [0.5, 0.6) is 11.5 Å². The van der Waals surface area contributed by atoms with E-state index in [-0.39, 0.29) is 5.78 Å². The summed E-state index contributed by atoms with van der Waals surface area (Å²) in [4.78, 5) is 15.3. The average molecular weight is 476 g/mol. The van der Waals surface area contributed by atoms with E-state index in [4.69, 9.17) is 9.47 Å². The third-order valence-corrected chi connectivity index (χ3v) is 6.44. The summed E-state index contributed by atoms with van der Waals surface area (Å²) in [5.41, 5.74) is 5.91. The molecule has 5 rings (SSSR count). The highest BCUT2D eigenvalue weighted by atomic mass is 79.9. The molecule has 0 N–H and O–H groups in total. The van der Waals surface area contributed by atoms with Gasteiger partial charge in [0.05, 0.1) is 5.56 Å². The van der Waals surface area contributed by atoms with Crippen LogP contribution in [0.4, 0.5) is 0 Å². The number of fused-ring (bicyclic) bond motifs is 2. The van der Waals surface area contributed by atoms with Gasteiger partial charge in [0.15, 0.2) is 5.76 Å². The van der Waals surface area contributed by atoms with Gasteiger partial charge in [0.25, 0.3) is 0 Å². The van der Waals surface area contributed by atoms with Gasteiger partial charge < -0.3 is 9.47 Å². The molecule has 0 fully saturated rings. The van der Waals surface area contributed by atoms with Crippen LogP contribution in [-0.2, 0) is 13.1 Å². The van der Waals surface area contributed by atoms with E-state index in [1.165, 1.54) is 11.1 Å². The van der Waals surface area contributed by atoms with E-state index in [0.29, 0.717) is 23.8 Å². The molecular weight excluding hydrogens is 454 g/mol. The number of halogens is 1. The highest BCUT2D eigenvalue weighted by Gasteiger charge is 2.33. The van der Waals surface area contributed by atoms with Gasteiger partial charge in [0.2, 0.25) is 5.78 Å². The first-order valence-corrected chi connectivity index (χ1v) is 11.0. The zero-order valence-electron chi connectivity index (χ0n) is 17.4. The number of Topliss-reactive ketones (excluding diaryl/α,β-unsaturated/α-hetero) is 1. The summed E-state index contributed by atoms with van der Waals surface area (Å²) in [6.45, 7) is 6.09. The number of ether oxygens (including phenoxy) is 2. The van der Waals surface area contributed by atoms with E-state index in [9.17, 15) is 4.79 Å². The van der Waals surface area contributed by atoms with Crippen molar-refractivity contribution in [1.82, 2.24) is 4.90 Å². The lowest BCUT2D eigenvalue weighted by atomic mass is 9.99. The molecule has 3 aromatic carbocycles. The monoisotopic (exact) mass is 475 g/mol. The van der Waals surface area contributed by atoms with Crippen molar-refractivity contribution in [3.63, 3.8) is 0 Å². The van der Waals surface area contributed by atoms with Gasteiger partial charge in [-0.15, -0.1) is 0 Å². The van der Waals surface area contributed by atoms with Gasteiger partial charge in [0, 0.05) is 28.7 Å². The zero-order chi connectivity index (χ0) is 21.5. The molecule has 0 radical (unpaired) electrons. The van der Waals surface area contributed by atoms with E-state index in [1.807, 2.05) is 37.3 Å². The first-order chi connectivity index (χ1) is 15.0. The van der Waals surface area contributed by atoms with Crippen molar-refractivity contribution < 1.29 is 14.3 Å². The fourth-order valence-corrected chi connectivity index (χ4v) is 4.48. The minimum atomic E-state index is -0.0905. The summed E-state index contributed by atoms with van der Waals surface area (Å²) in [7, 11) is 0. The Kier molecular flexibility index (Phi) is 5.16. The number of hydrogen-bond acceptors (Lipinski definition) is 4. The summed E-state index contributed by atoms with van der Waals surface area (Å²) in [5, 5.41) is 0. The Labute approximate surface area is 190 Å². The first kappa shape index (κ1) is 20.0. The maximum absolute atomic E-state index is 13.1. The van der Waals surface area contributed by atoms with Crippen molar-refractivity contribution in [2.24, 2.45) is 0 Å². The maximum atomic E-state index is 13.1. The number of hydrogen-bond donors (Lipinski definition) is 0. The van der Waals surface area contributed by atoms with Gasteiger partial charge in [0.1, 0.15) is 18.2 Å². The molecule has 4 nitrogen and oxygen atoms in total. The Morgan fingerprint density at radius 3 is 2.61 bits per heavy atom. The molecule has 0 bridgehead atoms. The topological polar surface area (TPSA) is 38.8 Å². The highest BCUT2D eigenvalue weighted by molar-refractivity contribution is 9.10. The molecule has 2 aliphatic rings. The minimum absolute atomic E-state index is 0.0905. The quantitative estimate of drug-likeness (QED) is 0.433. The third-order valence-electron chi connectivity index (χ3n) is 5.72. The van der Waals surface area contributed by atoms with Crippen LogP contribution in [0.1, 0.15) is 38.2 Å². The van der Waals surface area contributed by atoms with Crippen LogP contribution in [0.15, 0.2) is 64.8 Å². The van der Waals surface area contributed by atoms with Gasteiger partial charge in [-0.1, -0.05) is 64.0 Å². The summed E-state index contributed by atoms with van der Waals surface area (Å²) in [5.74, 6) is 1.68. The van der Waals surface area contributed by atoms with Crippen molar-refractivity contribution in [2.75, 3.05) is 6.73 Å². The fourth-order valence-electron chi connectivity index (χ4n) is 4.08. The Hall–Kier alpha value is -2.89. The van der Waals surface area contributed by atoms with Gasteiger partial charge in [-0.2, -0.15) is 0 Å². The van der Waals surface area contributed by atoms with E-state index in [0.717, 1.165) is 40.0 Å². The minimum Gasteiger partial charge on any atom is -0.477 e. The largest absolute Gasteiger partial charge is 0.477 e. The number of benzene rings is 3. The van der Waals surface area contributed by atoms with Gasteiger partial charge in [-0.25, -0.2) is 0 Å². The standard InChI is InChI=1S/C26H22BrNO3/c1-16-7-9-18(10-8-16)13-28-14-20-11-21-24(29)23(12-19-5-3-4-6-22(19)27)31-26(21)17(2)25(20)30-15-28/h3-12H,13-15H2,1-2H3/b23-12-. The number of aryl methyl sites for hydroxylation is 1. The predicted octanol–water partition coefficient (Wildman–Crippen LogP) is 6.03. The van der Waals surface area contributed by atoms with Gasteiger partial charge in [-0.3, -0.25) is 9.69 Å². The molecule has 0 aromatic heterocycles. The summed E-state index contributed by atoms with van der Waals surface area (Å²) < 4.78 is 13.0. The lowest BCUT2D eigenvalue weighted by molar-refractivity contribution is 0.0876. The van der Waals surface area contributed by atoms with Crippen molar-refractivity contribution in [1.29, 1.82) is 0 Å². The van der Waals surface area contributed by atoms with Gasteiger partial charge in [-0.05, 0) is 43.2 Å². The first-order valence-electron chi connectivity index (χ1n) is 10.3. The molecule has 0 spiro atoms. The summed E-state index contributed by atoms with van der Waals surface area (Å²) in [6.07, 6.45) is 1.79. The van der Waals surface area contributed by atoms with Crippen LogP contribution >= 0.6 is 15.9 Å². The molecule has 0 aliphatic carbocycles. The van der Waals surface area contributed by atoms with Gasteiger partial charge >= 0.3 is 0 Å². The van der Waals surface area contributed by atoms with E-state index in [1.54, 1.807) is 6.08 Å². The van der Waals surface area contributed by atoms with Crippen molar-refractivity contribution in [3.8, 4) is 11.5 Å². The van der Waals surface area contributed by atoms with E-state index in [2.05, 4.69) is 52.0 Å². The summed E-state index contributed by atoms with van der Waals surface area (Å²) >= 11 is 3.53. The average Bonchev–Trinajstić information content (AvgIpc) is 3.07. The smallest absolute Gasteiger partial charge is 0.231 e. The Morgan fingerprint density at radius 2 is 1.84 bits per heavy atom. The summed E-state index contributed by atoms with van der Waals surface area (Å²) in [6, 6.07) is 18.2. The van der Waals surface area contributed by atoms with Crippen LogP contribution in [0.3, 0.4) is 0 Å². The molecule has 31 heavy (non-hydrogen) atoms. The maximum Gasteiger partial charge on any atom is 0.231 e. The fraction of sp³-hybridized carbons (Fsp3) is 0.192. The normalized spacial score (nSPS) is 16.6. The molecule has 5 heteroatoms. The van der Waals surface area contributed by atoms with Crippen LogP contribution in [0, 0.1) is 13.8 Å². The molecule has 0 atom stereocenters. The lowest BCUT2D eigenvalue weighted by Gasteiger charge is -2.30. The number of carbonyl (C=O) groups is 1. The molecule has 2 aliphatic heterocycles. The zero-order valence-corrected chi connectivity index (χ0v) is 19.0. The second-order valence-corrected chi connectivity index (χ2v) is 8.93. The number of carbonyl (C=O) groups excluding carboxylic acids is 1.